The van der Waals surface area contributed by atoms with E-state index in [2.05, 4.69) is 0 Å². The summed E-state index contributed by atoms with van der Waals surface area (Å²) >= 11 is 0. The Hall–Kier alpha value is -1.64. The molecule has 2 aliphatic rings. The Morgan fingerprint density at radius 3 is 2.75 bits per heavy atom. The minimum Gasteiger partial charge on any atom is -0.487 e. The van der Waals surface area contributed by atoms with E-state index in [1.165, 1.54) is 11.4 Å². The zero-order valence-electron chi connectivity index (χ0n) is 13.8. The maximum atomic E-state index is 12.9. The van der Waals surface area contributed by atoms with Gasteiger partial charge in [0.15, 0.2) is 0 Å². The predicted octanol–water partition coefficient (Wildman–Crippen LogP) is 0.705. The third-order valence-corrected chi connectivity index (χ3v) is 6.65. The van der Waals surface area contributed by atoms with E-state index in [0.29, 0.717) is 31.7 Å². The van der Waals surface area contributed by atoms with Crippen LogP contribution in [0.2, 0.25) is 0 Å². The van der Waals surface area contributed by atoms with Gasteiger partial charge in [-0.25, -0.2) is 8.42 Å². The summed E-state index contributed by atoms with van der Waals surface area (Å²) in [6, 6.07) is 6.49. The van der Waals surface area contributed by atoms with Crippen molar-refractivity contribution < 1.29 is 22.7 Å². The highest BCUT2D eigenvalue weighted by Gasteiger charge is 2.41. The molecule has 2 heterocycles. The van der Waals surface area contributed by atoms with Gasteiger partial charge in [-0.05, 0) is 25.0 Å². The zero-order chi connectivity index (χ0) is 17.3. The van der Waals surface area contributed by atoms with Crippen LogP contribution < -0.4 is 4.74 Å². The molecule has 1 saturated heterocycles. The van der Waals surface area contributed by atoms with Crippen LogP contribution in [0.15, 0.2) is 29.2 Å². The van der Waals surface area contributed by atoms with Gasteiger partial charge in [-0.3, -0.25) is 9.69 Å². The van der Waals surface area contributed by atoms with E-state index in [4.69, 9.17) is 9.47 Å². The summed E-state index contributed by atoms with van der Waals surface area (Å²) in [5.74, 6) is 0.114. The number of likely N-dealkylation sites (tertiary alicyclic amines) is 1. The minimum atomic E-state index is -3.59. The number of ether oxygens (including phenoxy) is 2. The standard InChI is InChI=1S/C16H22N2O5S/c1-17-12-7-9-18(11-16(19)22-2)10-8-13(12)23-14-5-3-4-6-15(14)24(17,20)21/h3-6,12-13H,7-11H2,1-2H3/t12-,13-/m0/s1. The van der Waals surface area contributed by atoms with Gasteiger partial charge in [-0.2, -0.15) is 4.31 Å². The fourth-order valence-electron chi connectivity index (χ4n) is 3.33. The lowest BCUT2D eigenvalue weighted by molar-refractivity contribution is -0.141. The van der Waals surface area contributed by atoms with E-state index in [9.17, 15) is 13.2 Å². The third-order valence-electron chi connectivity index (χ3n) is 4.73. The maximum Gasteiger partial charge on any atom is 0.319 e. The molecule has 0 aromatic heterocycles. The second-order valence-electron chi connectivity index (χ2n) is 6.12. The van der Waals surface area contributed by atoms with E-state index in [-0.39, 0.29) is 29.6 Å². The normalized spacial score (nSPS) is 27.1. The molecule has 2 aliphatic heterocycles. The molecule has 0 saturated carbocycles. The molecule has 0 aliphatic carbocycles. The van der Waals surface area contributed by atoms with Crippen molar-refractivity contribution in [1.29, 1.82) is 0 Å². The van der Waals surface area contributed by atoms with Crippen molar-refractivity contribution in [2.24, 2.45) is 0 Å². The van der Waals surface area contributed by atoms with E-state index >= 15 is 0 Å². The summed E-state index contributed by atoms with van der Waals surface area (Å²) in [6.07, 6.45) is 1.01. The number of benzene rings is 1. The van der Waals surface area contributed by atoms with Crippen molar-refractivity contribution in [3.63, 3.8) is 0 Å². The van der Waals surface area contributed by atoms with Crippen molar-refractivity contribution in [2.75, 3.05) is 33.8 Å². The monoisotopic (exact) mass is 354 g/mol. The highest BCUT2D eigenvalue weighted by molar-refractivity contribution is 7.89. The summed E-state index contributed by atoms with van der Waals surface area (Å²) in [5.41, 5.74) is 0. The number of hydrogen-bond acceptors (Lipinski definition) is 6. The highest BCUT2D eigenvalue weighted by Crippen LogP contribution is 2.35. The average Bonchev–Trinajstić information content (AvgIpc) is 2.80. The van der Waals surface area contributed by atoms with Gasteiger partial charge in [-0.1, -0.05) is 12.1 Å². The fraction of sp³-hybridized carbons (Fsp3) is 0.562. The van der Waals surface area contributed by atoms with Gasteiger partial charge in [0.05, 0.1) is 19.7 Å². The molecule has 1 fully saturated rings. The average molecular weight is 354 g/mol. The Kier molecular flexibility index (Phi) is 4.80. The van der Waals surface area contributed by atoms with Gasteiger partial charge < -0.3 is 9.47 Å². The zero-order valence-corrected chi connectivity index (χ0v) is 14.7. The second-order valence-corrected chi connectivity index (χ2v) is 8.09. The molecule has 0 spiro atoms. The summed E-state index contributed by atoms with van der Waals surface area (Å²) in [5, 5.41) is 0. The van der Waals surface area contributed by atoms with Crippen molar-refractivity contribution in [2.45, 2.75) is 29.9 Å². The Morgan fingerprint density at radius 2 is 2.00 bits per heavy atom. The molecular formula is C16H22N2O5S. The van der Waals surface area contributed by atoms with E-state index in [1.807, 2.05) is 4.90 Å². The van der Waals surface area contributed by atoms with Crippen LogP contribution >= 0.6 is 0 Å². The maximum absolute atomic E-state index is 12.9. The van der Waals surface area contributed by atoms with Gasteiger partial charge in [-0.15, -0.1) is 0 Å². The summed E-state index contributed by atoms with van der Waals surface area (Å²) in [6.45, 7) is 1.49. The van der Waals surface area contributed by atoms with Crippen LogP contribution in [0.3, 0.4) is 0 Å². The Labute approximate surface area is 142 Å². The molecule has 7 nitrogen and oxygen atoms in total. The lowest BCUT2D eigenvalue weighted by Crippen LogP contribution is -2.44. The van der Waals surface area contributed by atoms with Crippen molar-refractivity contribution in [3.8, 4) is 5.75 Å². The molecule has 0 amide bonds. The lowest BCUT2D eigenvalue weighted by atomic mass is 10.1. The molecule has 1 aromatic rings. The molecule has 8 heteroatoms. The van der Waals surface area contributed by atoms with Crippen LogP contribution in [0.1, 0.15) is 12.8 Å². The molecule has 0 bridgehead atoms. The Balaban J connectivity index is 1.87. The number of methoxy groups -OCH3 is 1. The predicted molar refractivity (Wildman–Crippen MR) is 87.3 cm³/mol. The van der Waals surface area contributed by atoms with Crippen LogP contribution in [0, 0.1) is 0 Å². The Morgan fingerprint density at radius 1 is 1.29 bits per heavy atom. The SMILES string of the molecule is COC(=O)CN1CC[C@@H]2Oc3ccccc3S(=O)(=O)N(C)[C@H]2CC1. The first-order valence-corrected chi connectivity index (χ1v) is 9.40. The molecule has 2 atom stereocenters. The van der Waals surface area contributed by atoms with Gasteiger partial charge in [0.1, 0.15) is 16.7 Å². The van der Waals surface area contributed by atoms with Crippen molar-refractivity contribution in [1.82, 2.24) is 9.21 Å². The first kappa shape index (κ1) is 17.2. The minimum absolute atomic E-state index is 0.211. The lowest BCUT2D eigenvalue weighted by Gasteiger charge is -2.28. The number of para-hydroxylation sites is 1. The molecule has 0 unspecified atom stereocenters. The fourth-order valence-corrected chi connectivity index (χ4v) is 4.86. The van der Waals surface area contributed by atoms with Crippen molar-refractivity contribution in [3.05, 3.63) is 24.3 Å². The van der Waals surface area contributed by atoms with Gasteiger partial charge in [0.25, 0.3) is 0 Å². The number of nitrogens with zero attached hydrogens (tertiary/aromatic N) is 2. The molecular weight excluding hydrogens is 332 g/mol. The molecule has 24 heavy (non-hydrogen) atoms. The first-order chi connectivity index (χ1) is 11.4. The number of esters is 1. The largest absolute Gasteiger partial charge is 0.487 e. The number of sulfonamides is 1. The summed E-state index contributed by atoms with van der Waals surface area (Å²) in [7, 11) is -0.620. The quantitative estimate of drug-likeness (QED) is 0.728. The van der Waals surface area contributed by atoms with Crippen molar-refractivity contribution >= 4 is 16.0 Å². The second kappa shape index (κ2) is 6.70. The molecule has 132 valence electrons. The van der Waals surface area contributed by atoms with Crippen LogP contribution in [0.25, 0.3) is 0 Å². The van der Waals surface area contributed by atoms with Crippen LogP contribution in [0.5, 0.6) is 5.75 Å². The van der Waals surface area contributed by atoms with Gasteiger partial charge in [0.2, 0.25) is 10.0 Å². The van der Waals surface area contributed by atoms with Crippen LogP contribution in [-0.2, 0) is 19.6 Å². The highest BCUT2D eigenvalue weighted by atomic mass is 32.2. The first-order valence-electron chi connectivity index (χ1n) is 7.96. The number of carbonyl (C=O) groups excluding carboxylic acids is 1. The van der Waals surface area contributed by atoms with E-state index in [1.54, 1.807) is 31.3 Å². The number of hydrogen-bond donors (Lipinski definition) is 0. The van der Waals surface area contributed by atoms with E-state index < -0.39 is 10.0 Å². The Bertz CT molecular complexity index is 721. The molecule has 0 N–H and O–H groups in total. The third kappa shape index (κ3) is 3.13. The van der Waals surface area contributed by atoms with Gasteiger partial charge in [0, 0.05) is 20.1 Å². The number of carbonyl (C=O) groups is 1. The summed E-state index contributed by atoms with van der Waals surface area (Å²) in [4.78, 5) is 13.7. The molecule has 0 radical (unpaired) electrons. The molecule has 3 rings (SSSR count). The topological polar surface area (TPSA) is 76.1 Å². The molecule has 1 aromatic carbocycles. The summed E-state index contributed by atoms with van der Waals surface area (Å²) < 4.78 is 37.9. The number of rotatable bonds is 2. The van der Waals surface area contributed by atoms with Crippen LogP contribution in [-0.4, -0.2) is 69.5 Å². The van der Waals surface area contributed by atoms with E-state index in [0.717, 1.165) is 0 Å². The van der Waals surface area contributed by atoms with Gasteiger partial charge >= 0.3 is 5.97 Å². The number of likely N-dealkylation sites (N-methyl/N-ethyl adjacent to an activating group) is 1. The van der Waals surface area contributed by atoms with Crippen LogP contribution in [0.4, 0.5) is 0 Å². The smallest absolute Gasteiger partial charge is 0.319 e. The number of fused-ring (bicyclic) bond motifs is 2.